The Morgan fingerprint density at radius 2 is 1.65 bits per heavy atom. The summed E-state index contributed by atoms with van der Waals surface area (Å²) in [7, 11) is 0. The molecule has 0 bridgehead atoms. The van der Waals surface area contributed by atoms with E-state index < -0.39 is 18.3 Å². The molecule has 0 heterocycles. The van der Waals surface area contributed by atoms with Gasteiger partial charge in [-0.25, -0.2) is 4.39 Å². The van der Waals surface area contributed by atoms with Gasteiger partial charge in [0.2, 0.25) is 0 Å². The number of hydrogen-bond acceptors (Lipinski definition) is 1. The number of rotatable bonds is 4. The lowest BCUT2D eigenvalue weighted by Crippen LogP contribution is -2.35. The van der Waals surface area contributed by atoms with Gasteiger partial charge in [-0.1, -0.05) is 29.2 Å². The monoisotopic (exact) mass is 303 g/mol. The van der Waals surface area contributed by atoms with Crippen molar-refractivity contribution < 1.29 is 22.1 Å². The predicted octanol–water partition coefficient (Wildman–Crippen LogP) is 4.11. The van der Waals surface area contributed by atoms with Gasteiger partial charge < -0.3 is 17.7 Å². The Bertz CT molecular complexity index is 598. The van der Waals surface area contributed by atoms with Gasteiger partial charge in [0.15, 0.2) is 0 Å². The van der Waals surface area contributed by atoms with E-state index in [9.17, 15) is 17.3 Å². The Labute approximate surface area is 118 Å². The van der Waals surface area contributed by atoms with Gasteiger partial charge in [0, 0.05) is 5.02 Å². The summed E-state index contributed by atoms with van der Waals surface area (Å²) >= 11 is 5.70. The minimum Gasteiger partial charge on any atom is -0.492 e. The Kier molecular flexibility index (Phi) is 4.23. The standard InChI is InChI=1S/C13H9BClF4O/c15-10-3-1-9(2-4-10)8-20-13-6-5-11(16)7-12(13)14(17,18)19/h1-7H,8H2/q-1. The topological polar surface area (TPSA) is 9.23 Å². The van der Waals surface area contributed by atoms with Crippen molar-refractivity contribution in [1.82, 2.24) is 0 Å². The molecule has 20 heavy (non-hydrogen) atoms. The maximum absolute atomic E-state index is 12.9. The third-order valence-electron chi connectivity index (χ3n) is 2.63. The average Bonchev–Trinajstić information content (AvgIpc) is 2.38. The Hall–Kier alpha value is -1.69. The van der Waals surface area contributed by atoms with Crippen LogP contribution in [-0.2, 0) is 6.61 Å². The number of hydrogen-bond donors (Lipinski definition) is 0. The number of benzene rings is 2. The van der Waals surface area contributed by atoms with E-state index in [1.54, 1.807) is 24.3 Å². The lowest BCUT2D eigenvalue weighted by atomic mass is 9.79. The fraction of sp³-hybridized carbons (Fsp3) is 0.0769. The van der Waals surface area contributed by atoms with Gasteiger partial charge in [-0.15, -0.1) is 0 Å². The summed E-state index contributed by atoms with van der Waals surface area (Å²) in [5, 5.41) is 0.523. The van der Waals surface area contributed by atoms with Gasteiger partial charge >= 0.3 is 6.98 Å². The van der Waals surface area contributed by atoms with E-state index in [0.29, 0.717) is 16.7 Å². The van der Waals surface area contributed by atoms with Crippen LogP contribution in [0.25, 0.3) is 0 Å². The summed E-state index contributed by atoms with van der Waals surface area (Å²) in [6.45, 7) is -5.39. The molecule has 0 amide bonds. The van der Waals surface area contributed by atoms with Gasteiger partial charge in [-0.2, -0.15) is 0 Å². The molecule has 0 unspecified atom stereocenters. The van der Waals surface area contributed by atoms with E-state index in [1.165, 1.54) is 0 Å². The van der Waals surface area contributed by atoms with Crippen molar-refractivity contribution in [1.29, 1.82) is 0 Å². The van der Waals surface area contributed by atoms with Crippen LogP contribution in [0.4, 0.5) is 17.3 Å². The molecule has 1 nitrogen and oxygen atoms in total. The Balaban J connectivity index is 2.19. The van der Waals surface area contributed by atoms with Crippen molar-refractivity contribution in [2.75, 3.05) is 0 Å². The first-order valence-corrected chi connectivity index (χ1v) is 6.11. The zero-order valence-corrected chi connectivity index (χ0v) is 10.9. The van der Waals surface area contributed by atoms with Crippen LogP contribution in [0.2, 0.25) is 5.02 Å². The predicted molar refractivity (Wildman–Crippen MR) is 70.9 cm³/mol. The van der Waals surface area contributed by atoms with Crippen molar-refractivity contribution in [3.63, 3.8) is 0 Å². The first kappa shape index (κ1) is 14.7. The second kappa shape index (κ2) is 5.75. The third-order valence-corrected chi connectivity index (χ3v) is 2.88. The molecule has 0 aliphatic heterocycles. The van der Waals surface area contributed by atoms with Crippen LogP contribution in [0.5, 0.6) is 5.75 Å². The summed E-state index contributed by atoms with van der Waals surface area (Å²) < 4.78 is 56.5. The second-order valence-electron chi connectivity index (χ2n) is 4.17. The van der Waals surface area contributed by atoms with E-state index >= 15 is 0 Å². The van der Waals surface area contributed by atoms with Crippen molar-refractivity contribution >= 4 is 24.0 Å². The highest BCUT2D eigenvalue weighted by atomic mass is 35.5. The van der Waals surface area contributed by atoms with Gasteiger partial charge in [0.1, 0.15) is 12.4 Å². The average molecular weight is 303 g/mol. The maximum atomic E-state index is 12.9. The SMILES string of the molecule is Fc1ccc(OCc2ccc(Cl)cc2)c([B-](F)(F)F)c1. The van der Waals surface area contributed by atoms with E-state index in [2.05, 4.69) is 0 Å². The highest BCUT2D eigenvalue weighted by Gasteiger charge is 2.29. The third kappa shape index (κ3) is 3.66. The summed E-state index contributed by atoms with van der Waals surface area (Å²) in [6.07, 6.45) is 0. The molecule has 0 radical (unpaired) electrons. The van der Waals surface area contributed by atoms with Crippen molar-refractivity contribution in [3.05, 3.63) is 58.9 Å². The first-order chi connectivity index (χ1) is 9.36. The fourth-order valence-electron chi connectivity index (χ4n) is 1.65. The molecule has 2 rings (SSSR count). The van der Waals surface area contributed by atoms with E-state index in [-0.39, 0.29) is 12.4 Å². The smallest absolute Gasteiger partial charge is 0.492 e. The van der Waals surface area contributed by atoms with E-state index in [0.717, 1.165) is 12.1 Å². The molecule has 2 aromatic rings. The van der Waals surface area contributed by atoms with Crippen LogP contribution in [0, 0.1) is 5.82 Å². The molecule has 0 spiro atoms. The molecule has 0 aromatic heterocycles. The largest absolute Gasteiger partial charge is 0.513 e. The molecule has 106 valence electrons. The van der Waals surface area contributed by atoms with E-state index in [1.807, 2.05) is 0 Å². The molecule has 7 heteroatoms. The zero-order chi connectivity index (χ0) is 14.8. The molecule has 0 aliphatic carbocycles. The molecule has 0 atom stereocenters. The van der Waals surface area contributed by atoms with Gasteiger partial charge in [0.05, 0.1) is 5.75 Å². The number of ether oxygens (including phenoxy) is 1. The van der Waals surface area contributed by atoms with Crippen LogP contribution in [0.3, 0.4) is 0 Å². The van der Waals surface area contributed by atoms with Crippen LogP contribution < -0.4 is 10.2 Å². The molecule has 0 saturated heterocycles. The molecular formula is C13H9BClF4O-. The molecular weight excluding hydrogens is 294 g/mol. The van der Waals surface area contributed by atoms with Gasteiger partial charge in [-0.3, -0.25) is 0 Å². The van der Waals surface area contributed by atoms with Crippen LogP contribution in [0.1, 0.15) is 5.56 Å². The van der Waals surface area contributed by atoms with Crippen LogP contribution in [0.15, 0.2) is 42.5 Å². The number of halogens is 5. The molecule has 0 saturated carbocycles. The van der Waals surface area contributed by atoms with Crippen molar-refractivity contribution in [3.8, 4) is 5.75 Å². The molecule has 0 aliphatic rings. The maximum Gasteiger partial charge on any atom is 0.513 e. The summed E-state index contributed by atoms with van der Waals surface area (Å²) in [6, 6.07) is 8.86. The summed E-state index contributed by atoms with van der Waals surface area (Å²) in [4.78, 5) is 0. The highest BCUT2D eigenvalue weighted by molar-refractivity contribution is 6.74. The Morgan fingerprint density at radius 1 is 1.00 bits per heavy atom. The second-order valence-corrected chi connectivity index (χ2v) is 4.61. The Morgan fingerprint density at radius 3 is 2.25 bits per heavy atom. The summed E-state index contributed by atoms with van der Waals surface area (Å²) in [5.41, 5.74) is -0.404. The van der Waals surface area contributed by atoms with Crippen LogP contribution in [-0.4, -0.2) is 6.98 Å². The van der Waals surface area contributed by atoms with Gasteiger partial charge in [-0.05, 0) is 35.9 Å². The minimum absolute atomic E-state index is 0.0536. The quantitative estimate of drug-likeness (QED) is 0.610. The van der Waals surface area contributed by atoms with Gasteiger partial charge in [0.25, 0.3) is 0 Å². The zero-order valence-electron chi connectivity index (χ0n) is 10.1. The highest BCUT2D eigenvalue weighted by Crippen LogP contribution is 2.20. The molecule has 2 aromatic carbocycles. The van der Waals surface area contributed by atoms with Crippen molar-refractivity contribution in [2.45, 2.75) is 6.61 Å². The fourth-order valence-corrected chi connectivity index (χ4v) is 1.77. The van der Waals surface area contributed by atoms with Crippen molar-refractivity contribution in [2.24, 2.45) is 0 Å². The molecule has 0 fully saturated rings. The lowest BCUT2D eigenvalue weighted by molar-refractivity contribution is 0.306. The lowest BCUT2D eigenvalue weighted by Gasteiger charge is -2.20. The van der Waals surface area contributed by atoms with E-state index in [4.69, 9.17) is 16.3 Å². The molecule has 0 N–H and O–H groups in total. The normalized spacial score (nSPS) is 11.4. The summed E-state index contributed by atoms with van der Waals surface area (Å²) in [5.74, 6) is -1.33. The first-order valence-electron chi connectivity index (χ1n) is 5.73. The van der Waals surface area contributed by atoms with Crippen LogP contribution >= 0.6 is 11.6 Å². The minimum atomic E-state index is -5.33.